The van der Waals surface area contributed by atoms with Crippen molar-refractivity contribution in [3.63, 3.8) is 0 Å². The van der Waals surface area contributed by atoms with Crippen molar-refractivity contribution in [3.05, 3.63) is 12.2 Å². The third kappa shape index (κ3) is 1.98. The molecule has 112 valence electrons. The van der Waals surface area contributed by atoms with Crippen LogP contribution in [-0.4, -0.2) is 32.6 Å². The standard InChI is InChI=1S/C16H30O3/c1-9-10-11-14(6)12(2,3)15(7,17)16(8,18)13(4,5)19-14/h9-10,17-18H,11H2,1-8H3. The van der Waals surface area contributed by atoms with Gasteiger partial charge in [0, 0.05) is 5.41 Å². The van der Waals surface area contributed by atoms with Gasteiger partial charge in [-0.25, -0.2) is 0 Å². The molecule has 0 amide bonds. The largest absolute Gasteiger partial charge is 0.386 e. The maximum atomic E-state index is 11.0. The van der Waals surface area contributed by atoms with E-state index in [-0.39, 0.29) is 0 Å². The van der Waals surface area contributed by atoms with Crippen LogP contribution in [0.25, 0.3) is 0 Å². The fraction of sp³-hybridized carbons (Fsp3) is 0.875. The van der Waals surface area contributed by atoms with E-state index in [0.717, 1.165) is 0 Å². The zero-order valence-electron chi connectivity index (χ0n) is 13.7. The number of hydrogen-bond donors (Lipinski definition) is 2. The lowest BCUT2D eigenvalue weighted by atomic mass is 9.53. The Morgan fingerprint density at radius 1 is 0.895 bits per heavy atom. The summed E-state index contributed by atoms with van der Waals surface area (Å²) < 4.78 is 6.27. The first kappa shape index (κ1) is 16.7. The van der Waals surface area contributed by atoms with E-state index in [4.69, 9.17) is 4.74 Å². The van der Waals surface area contributed by atoms with Gasteiger partial charge in [-0.05, 0) is 48.0 Å². The third-order valence-electron chi connectivity index (χ3n) is 5.88. The van der Waals surface area contributed by atoms with Gasteiger partial charge >= 0.3 is 0 Å². The highest BCUT2D eigenvalue weighted by Crippen LogP contribution is 2.58. The van der Waals surface area contributed by atoms with Gasteiger partial charge in [0.05, 0.1) is 11.2 Å². The van der Waals surface area contributed by atoms with Gasteiger partial charge in [0.25, 0.3) is 0 Å². The van der Waals surface area contributed by atoms with Gasteiger partial charge in [0.1, 0.15) is 11.2 Å². The fourth-order valence-electron chi connectivity index (χ4n) is 3.14. The minimum atomic E-state index is -1.33. The van der Waals surface area contributed by atoms with Gasteiger partial charge in [-0.15, -0.1) is 0 Å². The molecule has 3 heteroatoms. The summed E-state index contributed by atoms with van der Waals surface area (Å²) in [6, 6.07) is 0. The lowest BCUT2D eigenvalue weighted by Gasteiger charge is -2.66. The highest BCUT2D eigenvalue weighted by Gasteiger charge is 2.70. The van der Waals surface area contributed by atoms with Crippen molar-refractivity contribution in [1.29, 1.82) is 0 Å². The Kier molecular flexibility index (Phi) is 3.78. The first-order valence-electron chi connectivity index (χ1n) is 7.03. The maximum Gasteiger partial charge on any atom is 0.119 e. The van der Waals surface area contributed by atoms with Crippen LogP contribution in [0.15, 0.2) is 12.2 Å². The van der Waals surface area contributed by atoms with Crippen LogP contribution >= 0.6 is 0 Å². The Labute approximate surface area is 117 Å². The SMILES string of the molecule is CC=CCC1(C)OC(C)(C)C(C)(O)C(C)(O)C1(C)C. The maximum absolute atomic E-state index is 11.0. The molecule has 1 aliphatic heterocycles. The molecule has 0 bridgehead atoms. The van der Waals surface area contributed by atoms with Gasteiger partial charge in [-0.3, -0.25) is 0 Å². The summed E-state index contributed by atoms with van der Waals surface area (Å²) in [5.41, 5.74) is -4.58. The smallest absolute Gasteiger partial charge is 0.119 e. The van der Waals surface area contributed by atoms with E-state index in [1.54, 1.807) is 13.8 Å². The molecule has 3 unspecified atom stereocenters. The second kappa shape index (κ2) is 4.31. The summed E-state index contributed by atoms with van der Waals surface area (Å²) in [5.74, 6) is 0. The average Bonchev–Trinajstić information content (AvgIpc) is 2.23. The van der Waals surface area contributed by atoms with E-state index in [9.17, 15) is 10.2 Å². The highest BCUT2D eigenvalue weighted by molar-refractivity contribution is 5.20. The molecule has 0 radical (unpaired) electrons. The van der Waals surface area contributed by atoms with Gasteiger partial charge in [-0.2, -0.15) is 0 Å². The van der Waals surface area contributed by atoms with Crippen molar-refractivity contribution in [2.45, 2.75) is 84.2 Å². The predicted molar refractivity (Wildman–Crippen MR) is 78.0 cm³/mol. The summed E-state index contributed by atoms with van der Waals surface area (Å²) >= 11 is 0. The van der Waals surface area contributed by atoms with Gasteiger partial charge in [0.2, 0.25) is 0 Å². The van der Waals surface area contributed by atoms with Crippen LogP contribution in [0.1, 0.15) is 61.8 Å². The molecule has 1 heterocycles. The molecule has 1 aliphatic rings. The number of aliphatic hydroxyl groups is 2. The van der Waals surface area contributed by atoms with Crippen molar-refractivity contribution < 1.29 is 14.9 Å². The van der Waals surface area contributed by atoms with Crippen LogP contribution in [0.4, 0.5) is 0 Å². The Morgan fingerprint density at radius 3 is 1.79 bits per heavy atom. The first-order valence-corrected chi connectivity index (χ1v) is 7.03. The molecule has 0 saturated carbocycles. The van der Waals surface area contributed by atoms with E-state index in [1.807, 2.05) is 53.7 Å². The molecule has 19 heavy (non-hydrogen) atoms. The van der Waals surface area contributed by atoms with E-state index in [1.165, 1.54) is 0 Å². The molecule has 0 aromatic carbocycles. The van der Waals surface area contributed by atoms with Crippen LogP contribution in [-0.2, 0) is 4.74 Å². The molecule has 0 spiro atoms. The number of ether oxygens (including phenoxy) is 1. The minimum Gasteiger partial charge on any atom is -0.386 e. The van der Waals surface area contributed by atoms with Crippen LogP contribution in [0.5, 0.6) is 0 Å². The van der Waals surface area contributed by atoms with Gasteiger partial charge in [-0.1, -0.05) is 26.0 Å². The molecule has 0 aromatic rings. The monoisotopic (exact) mass is 270 g/mol. The third-order valence-corrected chi connectivity index (χ3v) is 5.88. The Balaban J connectivity index is 3.41. The van der Waals surface area contributed by atoms with Crippen LogP contribution in [0.2, 0.25) is 0 Å². The highest BCUT2D eigenvalue weighted by atomic mass is 16.6. The predicted octanol–water partition coefficient (Wildman–Crippen LogP) is 3.05. The summed E-state index contributed by atoms with van der Waals surface area (Å²) in [4.78, 5) is 0. The van der Waals surface area contributed by atoms with Crippen LogP contribution in [0, 0.1) is 5.41 Å². The van der Waals surface area contributed by atoms with E-state index in [0.29, 0.717) is 6.42 Å². The van der Waals surface area contributed by atoms with Gasteiger partial charge in [0.15, 0.2) is 0 Å². The molecule has 0 aromatic heterocycles. The molecule has 1 fully saturated rings. The fourth-order valence-corrected chi connectivity index (χ4v) is 3.14. The molecule has 3 atom stereocenters. The summed E-state index contributed by atoms with van der Waals surface area (Å²) in [7, 11) is 0. The Hall–Kier alpha value is -0.380. The van der Waals surface area contributed by atoms with E-state index < -0.39 is 27.8 Å². The van der Waals surface area contributed by atoms with Crippen molar-refractivity contribution in [3.8, 4) is 0 Å². The van der Waals surface area contributed by atoms with Crippen molar-refractivity contribution in [2.75, 3.05) is 0 Å². The van der Waals surface area contributed by atoms with Gasteiger partial charge < -0.3 is 14.9 Å². The zero-order valence-corrected chi connectivity index (χ0v) is 13.7. The first-order chi connectivity index (χ1) is 8.27. The van der Waals surface area contributed by atoms with Crippen molar-refractivity contribution in [1.82, 2.24) is 0 Å². The number of allylic oxidation sites excluding steroid dienone is 1. The normalized spacial score (nSPS) is 45.6. The number of hydrogen-bond acceptors (Lipinski definition) is 3. The second-order valence-electron chi connectivity index (χ2n) is 7.39. The topological polar surface area (TPSA) is 49.7 Å². The average molecular weight is 270 g/mol. The van der Waals surface area contributed by atoms with Crippen LogP contribution < -0.4 is 0 Å². The van der Waals surface area contributed by atoms with Crippen molar-refractivity contribution in [2.24, 2.45) is 5.41 Å². The molecule has 0 aliphatic carbocycles. The van der Waals surface area contributed by atoms with Crippen molar-refractivity contribution >= 4 is 0 Å². The molecular weight excluding hydrogens is 240 g/mol. The minimum absolute atomic E-state index is 0.547. The second-order valence-corrected chi connectivity index (χ2v) is 7.39. The van der Waals surface area contributed by atoms with Crippen LogP contribution in [0.3, 0.4) is 0 Å². The van der Waals surface area contributed by atoms with E-state index in [2.05, 4.69) is 0 Å². The molecule has 2 N–H and O–H groups in total. The summed E-state index contributed by atoms with van der Waals surface area (Å²) in [6.45, 7) is 14.9. The molecule has 1 rings (SSSR count). The lowest BCUT2D eigenvalue weighted by molar-refractivity contribution is -0.374. The van der Waals surface area contributed by atoms with E-state index >= 15 is 0 Å². The Morgan fingerprint density at radius 2 is 1.37 bits per heavy atom. The zero-order chi connectivity index (χ0) is 15.3. The molecule has 1 saturated heterocycles. The molecular formula is C16H30O3. The quantitative estimate of drug-likeness (QED) is 0.758. The number of rotatable bonds is 2. The Bertz CT molecular complexity index is 377. The summed E-state index contributed by atoms with van der Waals surface area (Å²) in [6.07, 6.45) is 4.74. The molecule has 3 nitrogen and oxygen atoms in total. The summed E-state index contributed by atoms with van der Waals surface area (Å²) in [5, 5.41) is 21.9. The lowest BCUT2D eigenvalue weighted by Crippen LogP contribution is -2.79.